The van der Waals surface area contributed by atoms with Crippen LogP contribution in [0.4, 0.5) is 5.82 Å². The van der Waals surface area contributed by atoms with Crippen molar-refractivity contribution in [1.82, 2.24) is 15.5 Å². The Morgan fingerprint density at radius 1 is 1.33 bits per heavy atom. The molecule has 6 nitrogen and oxygen atoms in total. The van der Waals surface area contributed by atoms with E-state index < -0.39 is 0 Å². The number of nitrogens with two attached hydrogens (primary N) is 1. The highest BCUT2D eigenvalue weighted by Crippen LogP contribution is 2.19. The number of carbonyl (C=O) groups is 1. The van der Waals surface area contributed by atoms with Crippen LogP contribution in [-0.2, 0) is 0 Å². The lowest BCUT2D eigenvalue weighted by molar-refractivity contribution is 0.0950. The molecule has 118 valence electrons. The molecule has 0 saturated heterocycles. The summed E-state index contributed by atoms with van der Waals surface area (Å²) in [5.74, 6) is 0.590. The van der Waals surface area contributed by atoms with Gasteiger partial charge in [-0.25, -0.2) is 0 Å². The molecule has 0 bridgehead atoms. The van der Waals surface area contributed by atoms with Gasteiger partial charge >= 0.3 is 0 Å². The zero-order valence-electron chi connectivity index (χ0n) is 13.5. The molecule has 0 fully saturated rings. The third-order valence-corrected chi connectivity index (χ3v) is 3.21. The predicted octanol–water partition coefficient (Wildman–Crippen LogP) is 1.43. The van der Waals surface area contributed by atoms with Gasteiger partial charge in [0.1, 0.15) is 0 Å². The topological polar surface area (TPSA) is 84.1 Å². The largest absolute Gasteiger partial charge is 0.355 e. The van der Waals surface area contributed by atoms with Crippen LogP contribution in [0.25, 0.3) is 0 Å². The van der Waals surface area contributed by atoms with Gasteiger partial charge in [-0.1, -0.05) is 20.8 Å². The molecule has 0 saturated carbocycles. The number of amides is 1. The normalized spacial score (nSPS) is 11.3. The van der Waals surface area contributed by atoms with E-state index in [1.165, 1.54) is 0 Å². The Balaban J connectivity index is 2.86. The summed E-state index contributed by atoms with van der Waals surface area (Å²) in [4.78, 5) is 13.9. The van der Waals surface area contributed by atoms with Crippen LogP contribution < -0.4 is 16.0 Å². The molecule has 1 amide bonds. The predicted molar refractivity (Wildman–Crippen MR) is 85.4 cm³/mol. The average Bonchev–Trinajstić information content (AvgIpc) is 2.47. The van der Waals surface area contributed by atoms with Crippen LogP contribution in [0.1, 0.15) is 44.6 Å². The van der Waals surface area contributed by atoms with Gasteiger partial charge in [-0.15, -0.1) is 10.2 Å². The van der Waals surface area contributed by atoms with Gasteiger partial charge in [-0.3, -0.25) is 4.79 Å². The maximum Gasteiger partial charge on any atom is 0.271 e. The van der Waals surface area contributed by atoms with Crippen molar-refractivity contribution in [3.05, 3.63) is 17.8 Å². The number of carbonyl (C=O) groups excluding carboxylic acids is 1. The zero-order chi connectivity index (χ0) is 15.9. The van der Waals surface area contributed by atoms with E-state index in [1.807, 2.05) is 13.0 Å². The molecule has 21 heavy (non-hydrogen) atoms. The quantitative estimate of drug-likeness (QED) is 0.757. The molecule has 1 aromatic rings. The minimum atomic E-state index is -0.194. The standard InChI is InChI=1S/C15H27N5O/c1-5-9-20(11-15(3,4)10-16)13-8-7-12(18-19-13)14(21)17-6-2/h7-8H,5-6,9-11,16H2,1-4H3,(H,17,21). The number of nitrogens with one attached hydrogen (secondary N) is 1. The molecular weight excluding hydrogens is 266 g/mol. The summed E-state index contributed by atoms with van der Waals surface area (Å²) in [6, 6.07) is 3.56. The zero-order valence-corrected chi connectivity index (χ0v) is 13.5. The molecule has 3 N–H and O–H groups in total. The molecule has 0 unspecified atom stereocenters. The Hall–Kier alpha value is -1.69. The summed E-state index contributed by atoms with van der Waals surface area (Å²) in [5, 5.41) is 10.9. The number of aromatic nitrogens is 2. The number of hydrogen-bond acceptors (Lipinski definition) is 5. The van der Waals surface area contributed by atoms with E-state index in [9.17, 15) is 4.79 Å². The van der Waals surface area contributed by atoms with Crippen molar-refractivity contribution in [2.24, 2.45) is 11.1 Å². The maximum absolute atomic E-state index is 11.7. The number of anilines is 1. The van der Waals surface area contributed by atoms with Crippen LogP contribution in [0.3, 0.4) is 0 Å². The van der Waals surface area contributed by atoms with E-state index in [0.717, 1.165) is 25.3 Å². The molecule has 0 aliphatic heterocycles. The molecule has 0 radical (unpaired) electrons. The first-order valence-corrected chi connectivity index (χ1v) is 7.50. The molecular formula is C15H27N5O. The minimum absolute atomic E-state index is 0.00903. The van der Waals surface area contributed by atoms with Crippen LogP contribution in [0, 0.1) is 5.41 Å². The second-order valence-corrected chi connectivity index (χ2v) is 5.93. The van der Waals surface area contributed by atoms with Crippen molar-refractivity contribution in [3.8, 4) is 0 Å². The van der Waals surface area contributed by atoms with Gasteiger partial charge in [-0.2, -0.15) is 0 Å². The molecule has 1 aromatic heterocycles. The molecule has 0 atom stereocenters. The van der Waals surface area contributed by atoms with Crippen molar-refractivity contribution in [2.45, 2.75) is 34.1 Å². The number of hydrogen-bond donors (Lipinski definition) is 2. The molecule has 1 heterocycles. The SMILES string of the molecule is CCCN(CC(C)(C)CN)c1ccc(C(=O)NCC)nn1. The monoisotopic (exact) mass is 293 g/mol. The maximum atomic E-state index is 11.7. The van der Waals surface area contributed by atoms with Crippen LogP contribution in [0.5, 0.6) is 0 Å². The summed E-state index contributed by atoms with van der Waals surface area (Å²) in [7, 11) is 0. The first kappa shape index (κ1) is 17.4. The van der Waals surface area contributed by atoms with Gasteiger partial charge < -0.3 is 16.0 Å². The Labute approximate surface area is 127 Å². The van der Waals surface area contributed by atoms with Crippen LogP contribution in [0.15, 0.2) is 12.1 Å². The van der Waals surface area contributed by atoms with E-state index >= 15 is 0 Å². The summed E-state index contributed by atoms with van der Waals surface area (Å²) >= 11 is 0. The smallest absolute Gasteiger partial charge is 0.271 e. The van der Waals surface area contributed by atoms with E-state index in [2.05, 4.69) is 41.2 Å². The minimum Gasteiger partial charge on any atom is -0.355 e. The molecule has 6 heteroatoms. The highest BCUT2D eigenvalue weighted by Gasteiger charge is 2.21. The van der Waals surface area contributed by atoms with Crippen LogP contribution in [-0.4, -0.2) is 42.3 Å². The summed E-state index contributed by atoms with van der Waals surface area (Å²) < 4.78 is 0. The Morgan fingerprint density at radius 2 is 2.05 bits per heavy atom. The highest BCUT2D eigenvalue weighted by atomic mass is 16.1. The van der Waals surface area contributed by atoms with Crippen LogP contribution >= 0.6 is 0 Å². The van der Waals surface area contributed by atoms with Gasteiger partial charge in [0.2, 0.25) is 0 Å². The Kier molecular flexibility index (Phi) is 6.55. The summed E-state index contributed by atoms with van der Waals surface area (Å²) in [6.45, 7) is 11.1. The Morgan fingerprint density at radius 3 is 2.52 bits per heavy atom. The van der Waals surface area contributed by atoms with Gasteiger partial charge in [0.05, 0.1) is 0 Å². The van der Waals surface area contributed by atoms with Crippen molar-refractivity contribution in [2.75, 3.05) is 31.1 Å². The van der Waals surface area contributed by atoms with Crippen LogP contribution in [0.2, 0.25) is 0 Å². The van der Waals surface area contributed by atoms with E-state index in [0.29, 0.717) is 18.8 Å². The van der Waals surface area contributed by atoms with Gasteiger partial charge in [-0.05, 0) is 37.4 Å². The third-order valence-electron chi connectivity index (χ3n) is 3.21. The first-order chi connectivity index (χ1) is 9.93. The second kappa shape index (κ2) is 7.93. The molecule has 0 aliphatic carbocycles. The third kappa shape index (κ3) is 5.30. The van der Waals surface area contributed by atoms with E-state index in [4.69, 9.17) is 5.73 Å². The fourth-order valence-electron chi connectivity index (χ4n) is 1.99. The lowest BCUT2D eigenvalue weighted by Crippen LogP contribution is -2.39. The summed E-state index contributed by atoms with van der Waals surface area (Å²) in [6.07, 6.45) is 1.01. The van der Waals surface area contributed by atoms with Crippen molar-refractivity contribution < 1.29 is 4.79 Å². The second-order valence-electron chi connectivity index (χ2n) is 5.93. The molecule has 1 rings (SSSR count). The highest BCUT2D eigenvalue weighted by molar-refractivity contribution is 5.92. The lowest BCUT2D eigenvalue weighted by atomic mass is 9.93. The lowest BCUT2D eigenvalue weighted by Gasteiger charge is -2.32. The van der Waals surface area contributed by atoms with Crippen molar-refractivity contribution in [3.63, 3.8) is 0 Å². The average molecular weight is 293 g/mol. The summed E-state index contributed by atoms with van der Waals surface area (Å²) in [5.41, 5.74) is 6.16. The van der Waals surface area contributed by atoms with Gasteiger partial charge in [0, 0.05) is 19.6 Å². The van der Waals surface area contributed by atoms with Gasteiger partial charge in [0.25, 0.3) is 5.91 Å². The van der Waals surface area contributed by atoms with Gasteiger partial charge in [0.15, 0.2) is 11.5 Å². The molecule has 0 aliphatic rings. The van der Waals surface area contributed by atoms with Crippen molar-refractivity contribution in [1.29, 1.82) is 0 Å². The van der Waals surface area contributed by atoms with Crippen molar-refractivity contribution >= 4 is 11.7 Å². The number of rotatable bonds is 8. The number of nitrogens with zero attached hydrogens (tertiary/aromatic N) is 3. The van der Waals surface area contributed by atoms with E-state index in [1.54, 1.807) is 6.07 Å². The van der Waals surface area contributed by atoms with E-state index in [-0.39, 0.29) is 11.3 Å². The molecule has 0 spiro atoms. The fraction of sp³-hybridized carbons (Fsp3) is 0.667. The molecule has 0 aromatic carbocycles. The first-order valence-electron chi connectivity index (χ1n) is 7.50. The fourth-order valence-corrected chi connectivity index (χ4v) is 1.99. The Bertz CT molecular complexity index is 444.